The number of nitrogens with zero attached hydrogens (tertiary/aromatic N) is 1. The van der Waals surface area contributed by atoms with Crippen molar-refractivity contribution in [1.82, 2.24) is 4.98 Å². The number of aromatic nitrogens is 1. The summed E-state index contributed by atoms with van der Waals surface area (Å²) in [6.45, 7) is 2.10. The first kappa shape index (κ1) is 17.1. The Kier molecular flexibility index (Phi) is 6.49. The first-order valence-corrected chi connectivity index (χ1v) is 8.07. The van der Waals surface area contributed by atoms with E-state index in [4.69, 9.17) is 27.9 Å². The van der Waals surface area contributed by atoms with Crippen LogP contribution in [0.4, 0.5) is 0 Å². The number of benzene rings is 1. The number of hydrogen-bond donors (Lipinski definition) is 1. The van der Waals surface area contributed by atoms with E-state index in [9.17, 15) is 5.11 Å². The summed E-state index contributed by atoms with van der Waals surface area (Å²) in [7, 11) is 0. The molecule has 0 aliphatic rings. The minimum absolute atomic E-state index is 0.386. The quantitative estimate of drug-likeness (QED) is 0.766. The van der Waals surface area contributed by atoms with E-state index in [1.807, 2.05) is 6.07 Å². The van der Waals surface area contributed by atoms with E-state index in [1.54, 1.807) is 36.7 Å². The molecule has 1 aromatic carbocycles. The number of hydrogen-bond acceptors (Lipinski definition) is 3. The maximum absolute atomic E-state index is 10.6. The molecule has 22 heavy (non-hydrogen) atoms. The Morgan fingerprint density at radius 2 is 2.09 bits per heavy atom. The van der Waals surface area contributed by atoms with E-state index in [2.05, 4.69) is 11.9 Å². The molecule has 0 saturated carbocycles. The minimum Gasteiger partial charge on any atom is -0.486 e. The molecule has 1 heterocycles. The number of ether oxygens (including phenoxy) is 1. The highest BCUT2D eigenvalue weighted by Crippen LogP contribution is 2.31. The molecule has 0 amide bonds. The van der Waals surface area contributed by atoms with Crippen molar-refractivity contribution in [3.63, 3.8) is 0 Å². The molecule has 1 N–H and O–H groups in total. The second-order valence-electron chi connectivity index (χ2n) is 5.10. The van der Waals surface area contributed by atoms with Gasteiger partial charge >= 0.3 is 0 Å². The molecule has 0 aliphatic carbocycles. The lowest BCUT2D eigenvalue weighted by atomic mass is 10.0. The molecule has 0 spiro atoms. The summed E-state index contributed by atoms with van der Waals surface area (Å²) in [5.41, 5.74) is 0.730. The summed E-state index contributed by atoms with van der Waals surface area (Å²) in [6.07, 6.45) is 4.88. The van der Waals surface area contributed by atoms with Crippen LogP contribution >= 0.6 is 23.2 Å². The number of unbranched alkanes of at least 4 members (excludes halogenated alkanes) is 1. The van der Waals surface area contributed by atoms with Gasteiger partial charge in [-0.2, -0.15) is 0 Å². The first-order valence-electron chi connectivity index (χ1n) is 7.31. The summed E-state index contributed by atoms with van der Waals surface area (Å²) in [5.74, 6) is 0.523. The highest BCUT2D eigenvalue weighted by Gasteiger charge is 2.23. The van der Waals surface area contributed by atoms with E-state index in [0.717, 1.165) is 24.8 Å². The molecule has 118 valence electrons. The van der Waals surface area contributed by atoms with Crippen molar-refractivity contribution in [2.24, 2.45) is 0 Å². The molecule has 0 fully saturated rings. The van der Waals surface area contributed by atoms with Gasteiger partial charge in [-0.25, -0.2) is 0 Å². The van der Waals surface area contributed by atoms with Crippen molar-refractivity contribution < 1.29 is 9.84 Å². The van der Waals surface area contributed by atoms with Gasteiger partial charge < -0.3 is 9.84 Å². The third-order valence-corrected chi connectivity index (χ3v) is 3.92. The van der Waals surface area contributed by atoms with Crippen LogP contribution in [0.5, 0.6) is 5.75 Å². The van der Waals surface area contributed by atoms with Gasteiger partial charge in [0.25, 0.3) is 0 Å². The summed E-state index contributed by atoms with van der Waals surface area (Å²) in [5, 5.41) is 11.6. The van der Waals surface area contributed by atoms with Crippen LogP contribution < -0.4 is 4.74 Å². The average molecular weight is 340 g/mol. The highest BCUT2D eigenvalue weighted by molar-refractivity contribution is 6.35. The van der Waals surface area contributed by atoms with Crippen molar-refractivity contribution in [3.8, 4) is 5.75 Å². The fraction of sp³-hybridized carbons (Fsp3) is 0.353. The monoisotopic (exact) mass is 339 g/mol. The summed E-state index contributed by atoms with van der Waals surface area (Å²) in [6, 6.07) is 8.70. The Bertz CT molecular complexity index is 592. The molecule has 2 unspecified atom stereocenters. The number of pyridine rings is 1. The van der Waals surface area contributed by atoms with Crippen LogP contribution in [-0.4, -0.2) is 16.2 Å². The lowest BCUT2D eigenvalue weighted by Gasteiger charge is -2.25. The fourth-order valence-electron chi connectivity index (χ4n) is 2.19. The molecule has 1 aromatic heterocycles. The molecule has 0 saturated heterocycles. The van der Waals surface area contributed by atoms with Gasteiger partial charge in [-0.05, 0) is 37.1 Å². The smallest absolute Gasteiger partial charge is 0.138 e. The topological polar surface area (TPSA) is 42.4 Å². The van der Waals surface area contributed by atoms with Crippen LogP contribution in [0.15, 0.2) is 42.7 Å². The van der Waals surface area contributed by atoms with Gasteiger partial charge in [0.2, 0.25) is 0 Å². The van der Waals surface area contributed by atoms with Gasteiger partial charge in [-0.3, -0.25) is 4.98 Å². The lowest BCUT2D eigenvalue weighted by Crippen LogP contribution is -2.25. The van der Waals surface area contributed by atoms with E-state index in [1.165, 1.54) is 0 Å². The van der Waals surface area contributed by atoms with Crippen molar-refractivity contribution in [1.29, 1.82) is 0 Å². The predicted molar refractivity (Wildman–Crippen MR) is 89.6 cm³/mol. The normalized spacial score (nSPS) is 13.6. The van der Waals surface area contributed by atoms with Crippen LogP contribution in [-0.2, 0) is 0 Å². The Hall–Kier alpha value is -1.29. The van der Waals surface area contributed by atoms with Crippen LogP contribution in [0, 0.1) is 0 Å². The van der Waals surface area contributed by atoms with Gasteiger partial charge in [0, 0.05) is 23.0 Å². The first-order chi connectivity index (χ1) is 10.6. The van der Waals surface area contributed by atoms with Crippen molar-refractivity contribution in [3.05, 3.63) is 58.3 Å². The fourth-order valence-corrected chi connectivity index (χ4v) is 2.64. The van der Waals surface area contributed by atoms with E-state index in [0.29, 0.717) is 15.8 Å². The molecular formula is C17H19Cl2NO2. The van der Waals surface area contributed by atoms with Gasteiger partial charge in [0.1, 0.15) is 18.0 Å². The van der Waals surface area contributed by atoms with E-state index >= 15 is 0 Å². The van der Waals surface area contributed by atoms with Gasteiger partial charge in [0.05, 0.1) is 5.02 Å². The van der Waals surface area contributed by atoms with Gasteiger partial charge in [-0.1, -0.05) is 42.6 Å². The van der Waals surface area contributed by atoms with E-state index < -0.39 is 6.10 Å². The predicted octanol–water partition coefficient (Wildman–Crippen LogP) is 5.06. The number of rotatable bonds is 7. The Balaban J connectivity index is 2.18. The molecule has 2 aromatic rings. The standard InChI is InChI=1S/C17H19Cl2NO2/c1-2-3-6-16(17(21)12-5-4-9-20-11-12)22-15-8-7-13(18)10-14(15)19/h4-5,7-11,16-17,21H,2-3,6H2,1H3. The Morgan fingerprint density at radius 1 is 1.27 bits per heavy atom. The Morgan fingerprint density at radius 3 is 2.73 bits per heavy atom. The van der Waals surface area contributed by atoms with Crippen LogP contribution in [0.2, 0.25) is 10.0 Å². The van der Waals surface area contributed by atoms with Crippen molar-refractivity contribution in [2.75, 3.05) is 0 Å². The molecule has 2 atom stereocenters. The molecule has 3 nitrogen and oxygen atoms in total. The zero-order valence-corrected chi connectivity index (χ0v) is 13.9. The number of aliphatic hydroxyl groups is 1. The van der Waals surface area contributed by atoms with Crippen molar-refractivity contribution >= 4 is 23.2 Å². The maximum Gasteiger partial charge on any atom is 0.138 e. The molecular weight excluding hydrogens is 321 g/mol. The molecule has 0 radical (unpaired) electrons. The molecule has 0 aliphatic heterocycles. The lowest BCUT2D eigenvalue weighted by molar-refractivity contribution is 0.0288. The summed E-state index contributed by atoms with van der Waals surface area (Å²) < 4.78 is 5.95. The zero-order chi connectivity index (χ0) is 15.9. The summed E-state index contributed by atoms with van der Waals surface area (Å²) >= 11 is 12.1. The third kappa shape index (κ3) is 4.60. The third-order valence-electron chi connectivity index (χ3n) is 3.39. The van der Waals surface area contributed by atoms with Crippen LogP contribution in [0.1, 0.15) is 37.9 Å². The van der Waals surface area contributed by atoms with Crippen LogP contribution in [0.3, 0.4) is 0 Å². The van der Waals surface area contributed by atoms with Crippen LogP contribution in [0.25, 0.3) is 0 Å². The SMILES string of the molecule is CCCCC(Oc1ccc(Cl)cc1Cl)C(O)c1cccnc1. The molecule has 0 bridgehead atoms. The Labute approximate surface area is 140 Å². The average Bonchev–Trinajstić information content (AvgIpc) is 2.53. The largest absolute Gasteiger partial charge is 0.486 e. The van der Waals surface area contributed by atoms with Gasteiger partial charge in [-0.15, -0.1) is 0 Å². The second kappa shape index (κ2) is 8.37. The summed E-state index contributed by atoms with van der Waals surface area (Å²) in [4.78, 5) is 4.05. The molecule has 2 rings (SSSR count). The van der Waals surface area contributed by atoms with Crippen molar-refractivity contribution in [2.45, 2.75) is 38.4 Å². The maximum atomic E-state index is 10.6. The minimum atomic E-state index is -0.757. The number of halogens is 2. The zero-order valence-electron chi connectivity index (χ0n) is 12.4. The highest BCUT2D eigenvalue weighted by atomic mass is 35.5. The number of aliphatic hydroxyl groups excluding tert-OH is 1. The van der Waals surface area contributed by atoms with Gasteiger partial charge in [0.15, 0.2) is 0 Å². The second-order valence-corrected chi connectivity index (χ2v) is 5.95. The molecule has 5 heteroatoms. The van der Waals surface area contributed by atoms with E-state index in [-0.39, 0.29) is 6.10 Å².